The molecule has 2 heterocycles. The molecule has 4 nitrogen and oxygen atoms in total. The Kier molecular flexibility index (Phi) is 12.6. The Hall–Kier alpha value is -3.89. The fourth-order valence-corrected chi connectivity index (χ4v) is 5.19. The topological polar surface area (TPSA) is 43.4 Å². The molecule has 0 aliphatic carbocycles. The first-order valence-corrected chi connectivity index (χ1v) is 14.8. The van der Waals surface area contributed by atoms with Crippen molar-refractivity contribution < 1.29 is 0 Å². The van der Waals surface area contributed by atoms with Gasteiger partial charge in [0.1, 0.15) is 0 Å². The summed E-state index contributed by atoms with van der Waals surface area (Å²) in [5, 5.41) is 5.33. The maximum atomic E-state index is 4.20. The largest absolute Gasteiger partial charge is 0.360 e. The number of nitrogens with zero attached hydrogens (tertiary/aromatic N) is 2. The van der Waals surface area contributed by atoms with Crippen LogP contribution in [-0.4, -0.2) is 36.2 Å². The van der Waals surface area contributed by atoms with E-state index in [-0.39, 0.29) is 0 Å². The molecule has 1 atom stereocenters. The van der Waals surface area contributed by atoms with Gasteiger partial charge in [0.2, 0.25) is 0 Å². The molecule has 216 valence electrons. The highest BCUT2D eigenvalue weighted by atomic mass is 15.1. The zero-order chi connectivity index (χ0) is 29.6. The highest BCUT2D eigenvalue weighted by Gasteiger charge is 2.16. The molecule has 0 amide bonds. The number of hydrogen-bond acceptors (Lipinski definition) is 3. The molecule has 41 heavy (non-hydrogen) atoms. The standard InChI is InChI=1S/C29H38N4.C8H10/c1-7-25(27-13-9-12-24(15-27)20-33-14-10-11-21(3)19-33)16-28-23(5)31-18-29(28)32-22(4)26(8-2)17-30-6;1-2-8-6-4-3-5-7-8/h7-9,12-13,15-18,21,31-32H,4-5,10-11,14,19-20H2,1-3,6H3;3-7H,2H2,1H3/b25-7+,26-8+,28-16+,30-17?;. The maximum absolute atomic E-state index is 4.20. The van der Waals surface area contributed by atoms with Gasteiger partial charge in [-0.25, -0.2) is 0 Å². The number of likely N-dealkylation sites (tertiary alicyclic amines) is 1. The first kappa shape index (κ1) is 31.6. The number of anilines is 1. The molecule has 1 aliphatic heterocycles. The number of hydrogen-bond donors (Lipinski definition) is 2. The molecule has 2 aromatic carbocycles. The molecule has 1 unspecified atom stereocenters. The van der Waals surface area contributed by atoms with Crippen molar-refractivity contribution in [1.29, 1.82) is 0 Å². The summed E-state index contributed by atoms with van der Waals surface area (Å²) in [6.45, 7) is 20.4. The van der Waals surface area contributed by atoms with Crippen LogP contribution in [0.1, 0.15) is 57.2 Å². The summed E-state index contributed by atoms with van der Waals surface area (Å²) < 4.78 is 0. The number of aromatic nitrogens is 1. The first-order chi connectivity index (χ1) is 19.9. The average Bonchev–Trinajstić information content (AvgIpc) is 3.33. The van der Waals surface area contributed by atoms with Gasteiger partial charge in [0.15, 0.2) is 0 Å². The molecule has 0 saturated carbocycles. The van der Waals surface area contributed by atoms with Crippen LogP contribution in [-0.2, 0) is 13.0 Å². The lowest BCUT2D eigenvalue weighted by atomic mass is 9.98. The molecule has 1 fully saturated rings. The van der Waals surface area contributed by atoms with Crippen molar-refractivity contribution >= 4 is 30.1 Å². The van der Waals surface area contributed by atoms with E-state index in [1.807, 2.05) is 31.5 Å². The number of H-pyrrole nitrogens is 1. The van der Waals surface area contributed by atoms with Crippen molar-refractivity contribution in [1.82, 2.24) is 9.88 Å². The predicted molar refractivity (Wildman–Crippen MR) is 181 cm³/mol. The van der Waals surface area contributed by atoms with Crippen molar-refractivity contribution in [3.05, 3.63) is 118 Å². The van der Waals surface area contributed by atoms with E-state index in [9.17, 15) is 0 Å². The molecule has 1 aromatic heterocycles. The zero-order valence-electron chi connectivity index (χ0n) is 25.7. The summed E-state index contributed by atoms with van der Waals surface area (Å²) in [5.41, 5.74) is 7.87. The normalized spacial score (nSPS) is 16.9. The van der Waals surface area contributed by atoms with E-state index in [0.29, 0.717) is 0 Å². The Bertz CT molecular complexity index is 1460. The fourth-order valence-electron chi connectivity index (χ4n) is 5.19. The van der Waals surface area contributed by atoms with Crippen LogP contribution in [0.3, 0.4) is 0 Å². The van der Waals surface area contributed by atoms with Crippen LogP contribution in [0.25, 0.3) is 18.2 Å². The second-order valence-corrected chi connectivity index (χ2v) is 10.7. The number of aromatic amines is 1. The zero-order valence-corrected chi connectivity index (χ0v) is 25.7. The Morgan fingerprint density at radius 1 is 1.10 bits per heavy atom. The highest BCUT2D eigenvalue weighted by molar-refractivity contribution is 5.90. The van der Waals surface area contributed by atoms with Gasteiger partial charge in [-0.3, -0.25) is 9.89 Å². The van der Waals surface area contributed by atoms with Gasteiger partial charge in [-0.15, -0.1) is 0 Å². The highest BCUT2D eigenvalue weighted by Crippen LogP contribution is 2.22. The van der Waals surface area contributed by atoms with E-state index in [0.717, 1.165) is 46.4 Å². The van der Waals surface area contributed by atoms with Crippen LogP contribution in [0.4, 0.5) is 5.69 Å². The summed E-state index contributed by atoms with van der Waals surface area (Å²) in [6.07, 6.45) is 13.9. The SMILES string of the molecule is C=C(Nc1c[nH]c(=C)/c1=C\C(=C/C)c1cccc(CN2CCCC(C)C2)c1)/C(C=NC)=C/C.CCc1ccccc1. The third-order valence-electron chi connectivity index (χ3n) is 7.49. The second kappa shape index (κ2) is 16.4. The summed E-state index contributed by atoms with van der Waals surface area (Å²) in [7, 11) is 1.76. The van der Waals surface area contributed by atoms with Crippen molar-refractivity contribution in [3.63, 3.8) is 0 Å². The second-order valence-electron chi connectivity index (χ2n) is 10.7. The lowest BCUT2D eigenvalue weighted by Gasteiger charge is -2.30. The van der Waals surface area contributed by atoms with Gasteiger partial charge in [-0.2, -0.15) is 0 Å². The minimum atomic E-state index is 0.790. The molecule has 1 aliphatic rings. The van der Waals surface area contributed by atoms with E-state index in [1.165, 1.54) is 48.2 Å². The number of benzene rings is 2. The smallest absolute Gasteiger partial charge is 0.0641 e. The maximum Gasteiger partial charge on any atom is 0.0641 e. The lowest BCUT2D eigenvalue weighted by Crippen LogP contribution is -2.33. The van der Waals surface area contributed by atoms with Gasteiger partial charge in [-0.1, -0.05) is 87.7 Å². The van der Waals surface area contributed by atoms with E-state index >= 15 is 0 Å². The molecule has 4 rings (SSSR count). The van der Waals surface area contributed by atoms with Crippen molar-refractivity contribution in [2.45, 2.75) is 53.5 Å². The van der Waals surface area contributed by atoms with Crippen molar-refractivity contribution in [2.24, 2.45) is 10.9 Å². The van der Waals surface area contributed by atoms with Crippen LogP contribution in [0.2, 0.25) is 0 Å². The summed E-state index contributed by atoms with van der Waals surface area (Å²) in [6, 6.07) is 19.4. The van der Waals surface area contributed by atoms with Crippen LogP contribution >= 0.6 is 0 Å². The summed E-state index contributed by atoms with van der Waals surface area (Å²) in [5.74, 6) is 0.790. The molecule has 1 saturated heterocycles. The Morgan fingerprint density at radius 2 is 1.85 bits per heavy atom. The number of aliphatic imine (C=N–C) groups is 1. The number of aryl methyl sites for hydroxylation is 1. The number of piperidine rings is 1. The molecule has 2 N–H and O–H groups in total. The number of allylic oxidation sites excluding steroid dienone is 4. The molecular formula is C37H48N4. The molecule has 0 radical (unpaired) electrons. The lowest BCUT2D eigenvalue weighted by molar-refractivity contribution is 0.176. The van der Waals surface area contributed by atoms with E-state index in [4.69, 9.17) is 0 Å². The minimum Gasteiger partial charge on any atom is -0.360 e. The molecule has 3 aromatic rings. The average molecular weight is 549 g/mol. The van der Waals surface area contributed by atoms with E-state index in [2.05, 4.69) is 115 Å². The number of rotatable bonds is 9. The molecular weight excluding hydrogens is 500 g/mol. The Morgan fingerprint density at radius 3 is 2.49 bits per heavy atom. The van der Waals surface area contributed by atoms with E-state index in [1.54, 1.807) is 7.05 Å². The number of nitrogens with one attached hydrogen (secondary N) is 2. The van der Waals surface area contributed by atoms with Gasteiger partial charge in [0.25, 0.3) is 0 Å². The third-order valence-corrected chi connectivity index (χ3v) is 7.49. The van der Waals surface area contributed by atoms with Gasteiger partial charge >= 0.3 is 0 Å². The van der Waals surface area contributed by atoms with Crippen LogP contribution < -0.4 is 15.9 Å². The Labute approximate surface area is 247 Å². The van der Waals surface area contributed by atoms with Crippen LogP contribution in [0.15, 0.2) is 95.8 Å². The van der Waals surface area contributed by atoms with Gasteiger partial charge < -0.3 is 10.3 Å². The van der Waals surface area contributed by atoms with Crippen molar-refractivity contribution in [2.75, 3.05) is 25.5 Å². The first-order valence-electron chi connectivity index (χ1n) is 14.8. The predicted octanol–water partition coefficient (Wildman–Crippen LogP) is 7.36. The summed E-state index contributed by atoms with van der Waals surface area (Å²) in [4.78, 5) is 9.95. The van der Waals surface area contributed by atoms with Gasteiger partial charge in [-0.05, 0) is 80.0 Å². The molecule has 0 bridgehead atoms. The minimum absolute atomic E-state index is 0.790. The van der Waals surface area contributed by atoms with E-state index < -0.39 is 0 Å². The molecule has 0 spiro atoms. The quantitative estimate of drug-likeness (QED) is 0.217. The van der Waals surface area contributed by atoms with Gasteiger partial charge in [0.05, 0.1) is 5.69 Å². The molecule has 4 heteroatoms. The van der Waals surface area contributed by atoms with Crippen LogP contribution in [0, 0.1) is 5.92 Å². The van der Waals surface area contributed by atoms with Gasteiger partial charge in [0, 0.05) is 54.4 Å². The fraction of sp³-hybridized carbons (Fsp3) is 0.324. The van der Waals surface area contributed by atoms with Crippen molar-refractivity contribution in [3.8, 4) is 0 Å². The monoisotopic (exact) mass is 548 g/mol. The van der Waals surface area contributed by atoms with Crippen LogP contribution in [0.5, 0.6) is 0 Å². The third kappa shape index (κ3) is 9.61. The summed E-state index contributed by atoms with van der Waals surface area (Å²) >= 11 is 0. The Balaban J connectivity index is 0.000000496.